The lowest BCUT2D eigenvalue weighted by Crippen LogP contribution is -2.48. The highest BCUT2D eigenvalue weighted by Crippen LogP contribution is 2.36. The van der Waals surface area contributed by atoms with Crippen molar-refractivity contribution in [3.63, 3.8) is 0 Å². The predicted molar refractivity (Wildman–Crippen MR) is 91.9 cm³/mol. The van der Waals surface area contributed by atoms with E-state index in [1.165, 1.54) is 5.56 Å². The summed E-state index contributed by atoms with van der Waals surface area (Å²) in [6.07, 6.45) is 0. The third-order valence-corrected chi connectivity index (χ3v) is 4.02. The van der Waals surface area contributed by atoms with Gasteiger partial charge in [-0.1, -0.05) is 0 Å². The first kappa shape index (κ1) is 18.6. The number of piperazine rings is 1. The average Bonchev–Trinajstić information content (AvgIpc) is 2.39. The van der Waals surface area contributed by atoms with Gasteiger partial charge in [-0.25, -0.2) is 0 Å². The minimum absolute atomic E-state index is 0. The number of ether oxygens (including phenoxy) is 2. The predicted octanol–water partition coefficient (Wildman–Crippen LogP) is 3.07. The molecule has 1 N–H and O–H groups in total. The molecule has 1 saturated heterocycles. The molecule has 2 rings (SSSR count). The Kier molecular flexibility index (Phi) is 7.81. The van der Waals surface area contributed by atoms with Crippen LogP contribution < -0.4 is 14.8 Å². The molecule has 0 amide bonds. The van der Waals surface area contributed by atoms with Gasteiger partial charge in [-0.2, -0.15) is 0 Å². The fourth-order valence-corrected chi connectivity index (χ4v) is 3.24. The van der Waals surface area contributed by atoms with Gasteiger partial charge in [-0.15, -0.1) is 12.4 Å². The second kappa shape index (κ2) is 8.83. The maximum absolute atomic E-state index is 5.67. The van der Waals surface area contributed by atoms with Crippen molar-refractivity contribution in [2.75, 3.05) is 33.4 Å². The van der Waals surface area contributed by atoms with E-state index in [1.54, 1.807) is 7.11 Å². The van der Waals surface area contributed by atoms with E-state index in [4.69, 9.17) is 9.47 Å². The molecule has 0 bridgehead atoms. The van der Waals surface area contributed by atoms with Crippen molar-refractivity contribution in [2.24, 2.45) is 0 Å². The summed E-state index contributed by atoms with van der Waals surface area (Å²) in [6.45, 7) is 8.99. The summed E-state index contributed by atoms with van der Waals surface area (Å²) in [5.74, 6) is 1.58. The van der Waals surface area contributed by atoms with Gasteiger partial charge >= 0.3 is 0 Å². The Labute approximate surface area is 141 Å². The Morgan fingerprint density at radius 3 is 2.81 bits per heavy atom. The summed E-state index contributed by atoms with van der Waals surface area (Å²) in [5, 5.41) is 3.46. The van der Waals surface area contributed by atoms with Crippen LogP contribution in [0.5, 0.6) is 11.5 Å². The first-order chi connectivity index (χ1) is 9.63. The first-order valence-corrected chi connectivity index (χ1v) is 7.88. The molecule has 0 saturated carbocycles. The number of hydrogen-bond acceptors (Lipinski definition) is 4. The molecule has 6 heteroatoms. The van der Waals surface area contributed by atoms with E-state index >= 15 is 0 Å². The minimum Gasteiger partial charge on any atom is -0.492 e. The zero-order chi connectivity index (χ0) is 14.5. The molecule has 1 aromatic carbocycles. The highest BCUT2D eigenvalue weighted by atomic mass is 79.9. The molecule has 1 atom stereocenters. The van der Waals surface area contributed by atoms with Gasteiger partial charge in [-0.05, 0) is 47.5 Å². The van der Waals surface area contributed by atoms with Crippen LogP contribution in [-0.2, 0) is 6.54 Å². The fourth-order valence-electron chi connectivity index (χ4n) is 2.59. The number of nitrogens with zero attached hydrogens (tertiary/aromatic N) is 1. The summed E-state index contributed by atoms with van der Waals surface area (Å²) >= 11 is 3.57. The van der Waals surface area contributed by atoms with E-state index in [0.717, 1.165) is 42.2 Å². The molecule has 4 nitrogen and oxygen atoms in total. The molecule has 120 valence electrons. The number of rotatable bonds is 5. The van der Waals surface area contributed by atoms with Crippen LogP contribution in [0.25, 0.3) is 0 Å². The molecule has 0 aliphatic carbocycles. The van der Waals surface area contributed by atoms with E-state index in [2.05, 4.69) is 45.2 Å². The van der Waals surface area contributed by atoms with Crippen LogP contribution in [0, 0.1) is 0 Å². The lowest BCUT2D eigenvalue weighted by molar-refractivity contribution is 0.199. The second-order valence-corrected chi connectivity index (χ2v) is 5.99. The van der Waals surface area contributed by atoms with Crippen LogP contribution in [0.1, 0.15) is 19.4 Å². The molecule has 21 heavy (non-hydrogen) atoms. The highest BCUT2D eigenvalue weighted by Gasteiger charge is 2.17. The molecular weight excluding hydrogens is 356 g/mol. The van der Waals surface area contributed by atoms with Crippen molar-refractivity contribution in [1.29, 1.82) is 0 Å². The zero-order valence-corrected chi connectivity index (χ0v) is 15.2. The van der Waals surface area contributed by atoms with Gasteiger partial charge in [0, 0.05) is 32.2 Å². The van der Waals surface area contributed by atoms with E-state index in [9.17, 15) is 0 Å². The summed E-state index contributed by atoms with van der Waals surface area (Å²) in [6, 6.07) is 4.75. The first-order valence-electron chi connectivity index (χ1n) is 7.09. The van der Waals surface area contributed by atoms with Crippen LogP contribution in [0.3, 0.4) is 0 Å². The zero-order valence-electron chi connectivity index (χ0n) is 12.8. The maximum Gasteiger partial charge on any atom is 0.174 e. The largest absolute Gasteiger partial charge is 0.492 e. The van der Waals surface area contributed by atoms with Gasteiger partial charge in [0.05, 0.1) is 18.2 Å². The van der Waals surface area contributed by atoms with E-state index in [-0.39, 0.29) is 12.4 Å². The topological polar surface area (TPSA) is 33.7 Å². The van der Waals surface area contributed by atoms with Crippen molar-refractivity contribution in [1.82, 2.24) is 10.2 Å². The van der Waals surface area contributed by atoms with Crippen molar-refractivity contribution in [3.05, 3.63) is 22.2 Å². The number of hydrogen-bond donors (Lipinski definition) is 1. The number of halogens is 2. The van der Waals surface area contributed by atoms with E-state index in [1.807, 2.05) is 6.92 Å². The molecule has 0 aromatic heterocycles. The van der Waals surface area contributed by atoms with Crippen LogP contribution >= 0.6 is 28.3 Å². The SMILES string of the molecule is CCOc1cc(CN2CCNC(C)C2)cc(Br)c1OC.Cl. The summed E-state index contributed by atoms with van der Waals surface area (Å²) < 4.78 is 12.0. The standard InChI is InChI=1S/C15H23BrN2O2.ClH/c1-4-20-14-8-12(7-13(16)15(14)19-3)10-18-6-5-17-11(2)9-18;/h7-8,11,17H,4-6,9-10H2,1-3H3;1H. The molecule has 1 aliphatic rings. The van der Waals surface area contributed by atoms with Crippen molar-refractivity contribution < 1.29 is 9.47 Å². The Morgan fingerprint density at radius 2 is 2.19 bits per heavy atom. The van der Waals surface area contributed by atoms with Gasteiger partial charge in [0.15, 0.2) is 11.5 Å². The number of methoxy groups -OCH3 is 1. The summed E-state index contributed by atoms with van der Waals surface area (Å²) in [5.41, 5.74) is 1.25. The third kappa shape index (κ3) is 5.02. The van der Waals surface area contributed by atoms with E-state index in [0.29, 0.717) is 12.6 Å². The van der Waals surface area contributed by atoms with Gasteiger partial charge < -0.3 is 14.8 Å². The summed E-state index contributed by atoms with van der Waals surface area (Å²) in [7, 11) is 1.67. The normalized spacial score (nSPS) is 19.0. The molecular formula is C15H24BrClN2O2. The number of nitrogens with one attached hydrogen (secondary N) is 1. The second-order valence-electron chi connectivity index (χ2n) is 5.13. The molecule has 1 unspecified atom stereocenters. The molecule has 1 heterocycles. The Balaban J connectivity index is 0.00000220. The van der Waals surface area contributed by atoms with Crippen LogP contribution in [0.2, 0.25) is 0 Å². The fraction of sp³-hybridized carbons (Fsp3) is 0.600. The van der Waals surface area contributed by atoms with Crippen molar-refractivity contribution in [3.8, 4) is 11.5 Å². The monoisotopic (exact) mass is 378 g/mol. The highest BCUT2D eigenvalue weighted by molar-refractivity contribution is 9.10. The Morgan fingerprint density at radius 1 is 1.43 bits per heavy atom. The quantitative estimate of drug-likeness (QED) is 0.852. The molecule has 1 aromatic rings. The number of benzene rings is 1. The van der Waals surface area contributed by atoms with Gasteiger partial charge in [0.2, 0.25) is 0 Å². The molecule has 0 radical (unpaired) electrons. The van der Waals surface area contributed by atoms with Gasteiger partial charge in [0.25, 0.3) is 0 Å². The van der Waals surface area contributed by atoms with E-state index < -0.39 is 0 Å². The average molecular weight is 380 g/mol. The maximum atomic E-state index is 5.67. The molecule has 1 fully saturated rings. The lowest BCUT2D eigenvalue weighted by atomic mass is 10.1. The van der Waals surface area contributed by atoms with Crippen LogP contribution in [-0.4, -0.2) is 44.3 Å². The minimum atomic E-state index is 0. The molecule has 0 spiro atoms. The Hall–Kier alpha value is -0.490. The lowest BCUT2D eigenvalue weighted by Gasteiger charge is -2.32. The van der Waals surface area contributed by atoms with Crippen LogP contribution in [0.4, 0.5) is 0 Å². The smallest absolute Gasteiger partial charge is 0.174 e. The third-order valence-electron chi connectivity index (χ3n) is 3.43. The van der Waals surface area contributed by atoms with Gasteiger partial charge in [-0.3, -0.25) is 4.90 Å². The Bertz CT molecular complexity index is 460. The molecule has 1 aliphatic heterocycles. The van der Waals surface area contributed by atoms with Crippen LogP contribution in [0.15, 0.2) is 16.6 Å². The van der Waals surface area contributed by atoms with Crippen molar-refractivity contribution in [2.45, 2.75) is 26.4 Å². The van der Waals surface area contributed by atoms with Crippen molar-refractivity contribution >= 4 is 28.3 Å². The summed E-state index contributed by atoms with van der Waals surface area (Å²) in [4.78, 5) is 2.46. The van der Waals surface area contributed by atoms with Gasteiger partial charge in [0.1, 0.15) is 0 Å².